The third-order valence-electron chi connectivity index (χ3n) is 4.23. The highest BCUT2D eigenvalue weighted by Gasteiger charge is 2.27. The van der Waals surface area contributed by atoms with E-state index in [1.165, 1.54) is 11.1 Å². The second-order valence-corrected chi connectivity index (χ2v) is 6.48. The molecule has 3 heteroatoms. The van der Waals surface area contributed by atoms with E-state index in [1.807, 2.05) is 49.4 Å². The van der Waals surface area contributed by atoms with Gasteiger partial charge >= 0.3 is 0 Å². The van der Waals surface area contributed by atoms with Gasteiger partial charge in [-0.1, -0.05) is 48.0 Å². The van der Waals surface area contributed by atoms with Crippen molar-refractivity contribution in [2.24, 2.45) is 0 Å². The van der Waals surface area contributed by atoms with E-state index < -0.39 is 5.60 Å². The lowest BCUT2D eigenvalue weighted by atomic mass is 9.95. The Kier molecular flexibility index (Phi) is 4.03. The summed E-state index contributed by atoms with van der Waals surface area (Å²) in [5.74, 6) is 0. The Hall–Kier alpha value is -1.35. The lowest BCUT2D eigenvalue weighted by molar-refractivity contribution is 0.0541. The van der Waals surface area contributed by atoms with E-state index in [0.29, 0.717) is 12.6 Å². The number of hydrogen-bond donors (Lipinski definition) is 2. The second-order valence-electron chi connectivity index (χ2n) is 6.04. The minimum absolute atomic E-state index is 0.369. The third kappa shape index (κ3) is 3.29. The first-order chi connectivity index (χ1) is 10.0. The van der Waals surface area contributed by atoms with Crippen LogP contribution >= 0.6 is 11.6 Å². The van der Waals surface area contributed by atoms with Crippen LogP contribution in [-0.4, -0.2) is 17.7 Å². The Morgan fingerprint density at radius 1 is 1.14 bits per heavy atom. The summed E-state index contributed by atoms with van der Waals surface area (Å²) in [6.07, 6.45) is 1.97. The molecule has 0 saturated heterocycles. The van der Waals surface area contributed by atoms with Gasteiger partial charge < -0.3 is 10.4 Å². The van der Waals surface area contributed by atoms with Gasteiger partial charge in [0.25, 0.3) is 0 Å². The molecule has 0 amide bonds. The fourth-order valence-corrected chi connectivity index (χ4v) is 3.17. The van der Waals surface area contributed by atoms with Gasteiger partial charge in [0.05, 0.1) is 5.60 Å². The molecule has 2 unspecified atom stereocenters. The van der Waals surface area contributed by atoms with Crippen LogP contribution in [0.2, 0.25) is 5.02 Å². The summed E-state index contributed by atoms with van der Waals surface area (Å²) < 4.78 is 0. The smallest absolute Gasteiger partial charge is 0.0992 e. The molecule has 0 radical (unpaired) electrons. The lowest BCUT2D eigenvalue weighted by Gasteiger charge is -2.26. The Morgan fingerprint density at radius 3 is 2.62 bits per heavy atom. The third-order valence-corrected chi connectivity index (χ3v) is 4.47. The summed E-state index contributed by atoms with van der Waals surface area (Å²) in [6, 6.07) is 16.3. The topological polar surface area (TPSA) is 32.3 Å². The Morgan fingerprint density at radius 2 is 1.86 bits per heavy atom. The van der Waals surface area contributed by atoms with Crippen molar-refractivity contribution in [2.45, 2.75) is 31.4 Å². The van der Waals surface area contributed by atoms with Crippen LogP contribution in [0.1, 0.15) is 23.6 Å². The van der Waals surface area contributed by atoms with Crippen LogP contribution in [0.5, 0.6) is 0 Å². The monoisotopic (exact) mass is 301 g/mol. The molecule has 2 atom stereocenters. The van der Waals surface area contributed by atoms with Crippen molar-refractivity contribution >= 4 is 11.6 Å². The number of nitrogens with one attached hydrogen (secondary N) is 1. The zero-order valence-corrected chi connectivity index (χ0v) is 12.9. The molecule has 1 aliphatic rings. The Bertz CT molecular complexity index is 624. The normalized spacial score (nSPS) is 20.0. The summed E-state index contributed by atoms with van der Waals surface area (Å²) in [6.45, 7) is 2.40. The highest BCUT2D eigenvalue weighted by atomic mass is 35.5. The average Bonchev–Trinajstić information content (AvgIpc) is 2.88. The molecule has 110 valence electrons. The maximum Gasteiger partial charge on any atom is 0.0992 e. The van der Waals surface area contributed by atoms with Crippen LogP contribution in [0.3, 0.4) is 0 Å². The molecule has 0 spiro atoms. The molecule has 0 fully saturated rings. The largest absolute Gasteiger partial charge is 0.384 e. The van der Waals surface area contributed by atoms with Gasteiger partial charge in [-0.15, -0.1) is 0 Å². The molecule has 3 rings (SSSR count). The van der Waals surface area contributed by atoms with E-state index in [1.54, 1.807) is 0 Å². The van der Waals surface area contributed by atoms with E-state index >= 15 is 0 Å². The SMILES string of the molecule is CC(O)(CNC1Cc2ccc(Cl)cc2C1)c1ccccc1. The van der Waals surface area contributed by atoms with Crippen molar-refractivity contribution in [3.63, 3.8) is 0 Å². The van der Waals surface area contributed by atoms with Crippen LogP contribution < -0.4 is 5.32 Å². The highest BCUT2D eigenvalue weighted by Crippen LogP contribution is 2.26. The number of fused-ring (bicyclic) bond motifs is 1. The van der Waals surface area contributed by atoms with Gasteiger partial charge in [0.15, 0.2) is 0 Å². The fraction of sp³-hybridized carbons (Fsp3) is 0.333. The molecule has 2 N–H and O–H groups in total. The van der Waals surface area contributed by atoms with Crippen LogP contribution in [0.25, 0.3) is 0 Å². The molecule has 21 heavy (non-hydrogen) atoms. The maximum atomic E-state index is 10.6. The lowest BCUT2D eigenvalue weighted by Crippen LogP contribution is -2.41. The van der Waals surface area contributed by atoms with Crippen molar-refractivity contribution in [1.82, 2.24) is 5.32 Å². The predicted octanol–water partition coefficient (Wildman–Crippen LogP) is 3.30. The summed E-state index contributed by atoms with van der Waals surface area (Å²) >= 11 is 6.04. The molecule has 0 aromatic heterocycles. The number of aliphatic hydroxyl groups is 1. The van der Waals surface area contributed by atoms with E-state index in [-0.39, 0.29) is 0 Å². The zero-order chi connectivity index (χ0) is 14.9. The van der Waals surface area contributed by atoms with Crippen molar-refractivity contribution in [3.8, 4) is 0 Å². The van der Waals surface area contributed by atoms with Crippen LogP contribution in [0.4, 0.5) is 0 Å². The summed E-state index contributed by atoms with van der Waals surface area (Å²) in [5, 5.41) is 14.9. The van der Waals surface area contributed by atoms with Gasteiger partial charge in [-0.3, -0.25) is 0 Å². The summed E-state index contributed by atoms with van der Waals surface area (Å²) in [7, 11) is 0. The van der Waals surface area contributed by atoms with Gasteiger partial charge in [0.1, 0.15) is 0 Å². The van der Waals surface area contributed by atoms with E-state index in [4.69, 9.17) is 11.6 Å². The zero-order valence-electron chi connectivity index (χ0n) is 12.1. The quantitative estimate of drug-likeness (QED) is 0.908. The highest BCUT2D eigenvalue weighted by molar-refractivity contribution is 6.30. The van der Waals surface area contributed by atoms with E-state index in [9.17, 15) is 5.11 Å². The van der Waals surface area contributed by atoms with Crippen LogP contribution in [0, 0.1) is 0 Å². The molecule has 2 aromatic rings. The number of benzene rings is 2. The summed E-state index contributed by atoms with van der Waals surface area (Å²) in [4.78, 5) is 0. The predicted molar refractivity (Wildman–Crippen MR) is 86.7 cm³/mol. The molecule has 0 heterocycles. The molecular formula is C18H20ClNO. The number of rotatable bonds is 4. The van der Waals surface area contributed by atoms with Crippen molar-refractivity contribution < 1.29 is 5.11 Å². The van der Waals surface area contributed by atoms with Crippen LogP contribution in [-0.2, 0) is 18.4 Å². The first-order valence-corrected chi connectivity index (χ1v) is 7.71. The first kappa shape index (κ1) is 14.6. The van der Waals surface area contributed by atoms with Crippen molar-refractivity contribution in [3.05, 3.63) is 70.2 Å². The van der Waals surface area contributed by atoms with Gasteiger partial charge in [-0.05, 0) is 48.6 Å². The van der Waals surface area contributed by atoms with Crippen LogP contribution in [0.15, 0.2) is 48.5 Å². The molecule has 0 saturated carbocycles. The van der Waals surface area contributed by atoms with Gasteiger partial charge in [-0.25, -0.2) is 0 Å². The van der Waals surface area contributed by atoms with Gasteiger partial charge in [-0.2, -0.15) is 0 Å². The van der Waals surface area contributed by atoms with Crippen molar-refractivity contribution in [2.75, 3.05) is 6.54 Å². The van der Waals surface area contributed by atoms with E-state index in [0.717, 1.165) is 23.4 Å². The molecular weight excluding hydrogens is 282 g/mol. The number of halogens is 1. The summed E-state index contributed by atoms with van der Waals surface area (Å²) in [5.41, 5.74) is 2.76. The van der Waals surface area contributed by atoms with Gasteiger partial charge in [0, 0.05) is 17.6 Å². The molecule has 0 aliphatic heterocycles. The standard InChI is InChI=1S/C18H20ClNO/c1-18(21,15-5-3-2-4-6-15)12-20-17-10-13-7-8-16(19)9-14(13)11-17/h2-9,17,20-21H,10-12H2,1H3. The second kappa shape index (κ2) is 5.80. The number of hydrogen-bond acceptors (Lipinski definition) is 2. The Labute approximate surface area is 130 Å². The average molecular weight is 302 g/mol. The van der Waals surface area contributed by atoms with E-state index in [2.05, 4.69) is 11.4 Å². The minimum Gasteiger partial charge on any atom is -0.384 e. The maximum absolute atomic E-state index is 10.6. The van der Waals surface area contributed by atoms with Crippen molar-refractivity contribution in [1.29, 1.82) is 0 Å². The minimum atomic E-state index is -0.853. The fourth-order valence-electron chi connectivity index (χ4n) is 2.97. The molecule has 2 aromatic carbocycles. The molecule has 1 aliphatic carbocycles. The Balaban J connectivity index is 1.62. The molecule has 0 bridgehead atoms. The van der Waals surface area contributed by atoms with Gasteiger partial charge in [0.2, 0.25) is 0 Å². The first-order valence-electron chi connectivity index (χ1n) is 7.33. The molecule has 2 nitrogen and oxygen atoms in total.